The Morgan fingerprint density at radius 1 is 1.00 bits per heavy atom. The lowest BCUT2D eigenvalue weighted by molar-refractivity contribution is 0.280. The highest BCUT2D eigenvalue weighted by Gasteiger charge is 2.02. The zero-order chi connectivity index (χ0) is 14.6. The molecule has 114 valence electrons. The van der Waals surface area contributed by atoms with E-state index < -0.39 is 0 Å². The van der Waals surface area contributed by atoms with Crippen LogP contribution in [-0.2, 0) is 6.61 Å². The molecule has 0 unspecified atom stereocenters. The third-order valence-electron chi connectivity index (χ3n) is 3.43. The molecule has 0 aliphatic carbocycles. The van der Waals surface area contributed by atoms with Crippen molar-refractivity contribution in [2.24, 2.45) is 0 Å². The first kappa shape index (κ1) is 17.5. The van der Waals surface area contributed by atoms with Gasteiger partial charge in [-0.05, 0) is 40.0 Å². The number of benzene rings is 1. The normalized spacial score (nSPS) is 10.8. The van der Waals surface area contributed by atoms with Gasteiger partial charge in [-0.25, -0.2) is 0 Å². The highest BCUT2D eigenvalue weighted by molar-refractivity contribution is 9.10. The number of halogens is 1. The third kappa shape index (κ3) is 7.30. The van der Waals surface area contributed by atoms with Crippen LogP contribution < -0.4 is 4.74 Å². The van der Waals surface area contributed by atoms with E-state index in [1.54, 1.807) is 0 Å². The quantitative estimate of drug-likeness (QED) is 0.541. The molecule has 0 spiro atoms. The summed E-state index contributed by atoms with van der Waals surface area (Å²) in [5, 5.41) is 9.04. The minimum absolute atomic E-state index is 0.0664. The SMILES string of the molecule is CCCCCCCCCCOc1ccc(CO)cc1Br. The van der Waals surface area contributed by atoms with Crippen LogP contribution in [0, 0.1) is 0 Å². The summed E-state index contributed by atoms with van der Waals surface area (Å²) < 4.78 is 6.67. The number of unbranched alkanes of at least 4 members (excludes halogenated alkanes) is 7. The second-order valence-electron chi connectivity index (χ2n) is 5.25. The molecule has 0 atom stereocenters. The van der Waals surface area contributed by atoms with E-state index in [1.807, 2.05) is 18.2 Å². The molecular formula is C17H27BrO2. The Labute approximate surface area is 131 Å². The van der Waals surface area contributed by atoms with Crippen LogP contribution in [0.25, 0.3) is 0 Å². The van der Waals surface area contributed by atoms with Crippen LogP contribution in [0.4, 0.5) is 0 Å². The lowest BCUT2D eigenvalue weighted by Crippen LogP contribution is -1.98. The average Bonchev–Trinajstić information content (AvgIpc) is 2.47. The number of hydrogen-bond acceptors (Lipinski definition) is 2. The molecule has 1 aromatic rings. The van der Waals surface area contributed by atoms with E-state index in [9.17, 15) is 0 Å². The molecule has 0 fully saturated rings. The highest BCUT2D eigenvalue weighted by atomic mass is 79.9. The Balaban J connectivity index is 2.06. The minimum Gasteiger partial charge on any atom is -0.492 e. The number of aliphatic hydroxyl groups is 1. The van der Waals surface area contributed by atoms with Gasteiger partial charge in [0.2, 0.25) is 0 Å². The first-order valence-corrected chi connectivity index (χ1v) is 8.59. The van der Waals surface area contributed by atoms with Crippen LogP contribution in [0.15, 0.2) is 22.7 Å². The lowest BCUT2D eigenvalue weighted by atomic mass is 10.1. The fourth-order valence-corrected chi connectivity index (χ4v) is 2.72. The zero-order valence-electron chi connectivity index (χ0n) is 12.5. The van der Waals surface area contributed by atoms with E-state index in [-0.39, 0.29) is 6.61 Å². The molecule has 0 radical (unpaired) electrons. The topological polar surface area (TPSA) is 29.5 Å². The summed E-state index contributed by atoms with van der Waals surface area (Å²) >= 11 is 3.47. The Hall–Kier alpha value is -0.540. The van der Waals surface area contributed by atoms with Gasteiger partial charge in [0.25, 0.3) is 0 Å². The van der Waals surface area contributed by atoms with Crippen molar-refractivity contribution in [3.8, 4) is 5.75 Å². The van der Waals surface area contributed by atoms with E-state index >= 15 is 0 Å². The molecule has 0 bridgehead atoms. The molecule has 0 saturated carbocycles. The summed E-state index contributed by atoms with van der Waals surface area (Å²) in [7, 11) is 0. The van der Waals surface area contributed by atoms with Crippen molar-refractivity contribution in [2.45, 2.75) is 64.9 Å². The summed E-state index contributed by atoms with van der Waals surface area (Å²) in [6.45, 7) is 3.09. The molecule has 0 saturated heterocycles. The van der Waals surface area contributed by atoms with Crippen LogP contribution in [0.5, 0.6) is 5.75 Å². The first-order valence-electron chi connectivity index (χ1n) is 7.80. The van der Waals surface area contributed by atoms with Gasteiger partial charge in [0, 0.05) is 0 Å². The molecule has 1 rings (SSSR count). The van der Waals surface area contributed by atoms with Gasteiger partial charge in [-0.3, -0.25) is 0 Å². The van der Waals surface area contributed by atoms with Crippen LogP contribution in [0.1, 0.15) is 63.9 Å². The average molecular weight is 343 g/mol. The molecule has 2 nitrogen and oxygen atoms in total. The Morgan fingerprint density at radius 3 is 2.25 bits per heavy atom. The summed E-state index contributed by atoms with van der Waals surface area (Å²) in [6.07, 6.45) is 10.5. The number of hydrogen-bond donors (Lipinski definition) is 1. The predicted molar refractivity (Wildman–Crippen MR) is 88.2 cm³/mol. The summed E-state index contributed by atoms with van der Waals surface area (Å²) in [4.78, 5) is 0. The van der Waals surface area contributed by atoms with Gasteiger partial charge in [0.1, 0.15) is 5.75 Å². The molecule has 1 aromatic carbocycles. The molecule has 0 heterocycles. The van der Waals surface area contributed by atoms with E-state index in [4.69, 9.17) is 9.84 Å². The van der Waals surface area contributed by atoms with Gasteiger partial charge in [-0.15, -0.1) is 0 Å². The maximum absolute atomic E-state index is 9.04. The van der Waals surface area contributed by atoms with Crippen LogP contribution in [0.3, 0.4) is 0 Å². The Morgan fingerprint density at radius 2 is 1.65 bits per heavy atom. The molecule has 3 heteroatoms. The Kier molecular flexibility index (Phi) is 9.77. The van der Waals surface area contributed by atoms with Gasteiger partial charge in [0.15, 0.2) is 0 Å². The van der Waals surface area contributed by atoms with Crippen molar-refractivity contribution in [1.29, 1.82) is 0 Å². The first-order chi connectivity index (χ1) is 9.77. The van der Waals surface area contributed by atoms with Gasteiger partial charge < -0.3 is 9.84 Å². The van der Waals surface area contributed by atoms with Crippen LogP contribution in [-0.4, -0.2) is 11.7 Å². The fraction of sp³-hybridized carbons (Fsp3) is 0.647. The summed E-state index contributed by atoms with van der Waals surface area (Å²) in [5.41, 5.74) is 0.899. The van der Waals surface area contributed by atoms with E-state index in [0.717, 1.165) is 28.8 Å². The van der Waals surface area contributed by atoms with E-state index in [2.05, 4.69) is 22.9 Å². The number of ether oxygens (including phenoxy) is 1. The van der Waals surface area contributed by atoms with Crippen molar-refractivity contribution in [2.75, 3.05) is 6.61 Å². The molecule has 0 aliphatic rings. The molecular weight excluding hydrogens is 316 g/mol. The lowest BCUT2D eigenvalue weighted by Gasteiger charge is -2.09. The van der Waals surface area contributed by atoms with E-state index in [0.29, 0.717) is 0 Å². The molecule has 1 N–H and O–H groups in total. The second kappa shape index (κ2) is 11.2. The van der Waals surface area contributed by atoms with Crippen molar-refractivity contribution >= 4 is 15.9 Å². The van der Waals surface area contributed by atoms with Gasteiger partial charge >= 0.3 is 0 Å². The molecule has 20 heavy (non-hydrogen) atoms. The molecule has 0 amide bonds. The minimum atomic E-state index is 0.0664. The number of rotatable bonds is 11. The van der Waals surface area contributed by atoms with Crippen molar-refractivity contribution in [3.63, 3.8) is 0 Å². The maximum Gasteiger partial charge on any atom is 0.133 e. The second-order valence-corrected chi connectivity index (χ2v) is 6.10. The van der Waals surface area contributed by atoms with Crippen molar-refractivity contribution in [3.05, 3.63) is 28.2 Å². The Bertz CT molecular complexity index is 366. The van der Waals surface area contributed by atoms with Crippen molar-refractivity contribution < 1.29 is 9.84 Å². The largest absolute Gasteiger partial charge is 0.492 e. The fourth-order valence-electron chi connectivity index (χ4n) is 2.18. The zero-order valence-corrected chi connectivity index (χ0v) is 14.1. The number of aliphatic hydroxyl groups excluding tert-OH is 1. The molecule has 0 aromatic heterocycles. The van der Waals surface area contributed by atoms with E-state index in [1.165, 1.54) is 44.9 Å². The third-order valence-corrected chi connectivity index (χ3v) is 4.05. The van der Waals surface area contributed by atoms with Gasteiger partial charge in [-0.2, -0.15) is 0 Å². The smallest absolute Gasteiger partial charge is 0.133 e. The van der Waals surface area contributed by atoms with Gasteiger partial charge in [-0.1, -0.05) is 57.9 Å². The summed E-state index contributed by atoms with van der Waals surface area (Å²) in [5.74, 6) is 0.866. The van der Waals surface area contributed by atoms with Crippen LogP contribution >= 0.6 is 15.9 Å². The standard InChI is InChI=1S/C17H27BrO2/c1-2-3-4-5-6-7-8-9-12-20-17-11-10-15(14-19)13-16(17)18/h10-11,13,19H,2-9,12,14H2,1H3. The maximum atomic E-state index is 9.04. The van der Waals surface area contributed by atoms with Gasteiger partial charge in [0.05, 0.1) is 17.7 Å². The van der Waals surface area contributed by atoms with Crippen molar-refractivity contribution in [1.82, 2.24) is 0 Å². The summed E-state index contributed by atoms with van der Waals surface area (Å²) in [6, 6.07) is 5.72. The van der Waals surface area contributed by atoms with Crippen LogP contribution in [0.2, 0.25) is 0 Å². The monoisotopic (exact) mass is 342 g/mol. The predicted octanol–water partition coefficient (Wildman–Crippen LogP) is 5.46. The molecule has 0 aliphatic heterocycles. The highest BCUT2D eigenvalue weighted by Crippen LogP contribution is 2.26.